The number of hydrogen-bond donors (Lipinski definition) is 0. The van der Waals surface area contributed by atoms with Gasteiger partial charge in [0.15, 0.2) is 6.61 Å². The maximum atomic E-state index is 12.1. The highest BCUT2D eigenvalue weighted by atomic mass is 16.5. The molecule has 2 rings (SSSR count). The molecule has 0 spiro atoms. The standard InChI is InChI=1S/C15H21NO5/c1-9-5-13(12(4)21-9)15(18)19-8-14(17)16-6-10(2)20-11(3)7-16/h5,10-11H,6-8H2,1-4H3/t10-,11+. The van der Waals surface area contributed by atoms with Crippen LogP contribution in [0, 0.1) is 13.8 Å². The van der Waals surface area contributed by atoms with Gasteiger partial charge in [-0.1, -0.05) is 0 Å². The Morgan fingerprint density at radius 1 is 1.29 bits per heavy atom. The van der Waals surface area contributed by atoms with Crippen LogP contribution < -0.4 is 0 Å². The van der Waals surface area contributed by atoms with Gasteiger partial charge in [-0.15, -0.1) is 0 Å². The summed E-state index contributed by atoms with van der Waals surface area (Å²) in [6.45, 7) is 8.05. The number of nitrogens with zero attached hydrogens (tertiary/aromatic N) is 1. The monoisotopic (exact) mass is 295 g/mol. The second-order valence-electron chi connectivity index (χ2n) is 5.46. The molecule has 0 bridgehead atoms. The summed E-state index contributed by atoms with van der Waals surface area (Å²) >= 11 is 0. The summed E-state index contributed by atoms with van der Waals surface area (Å²) in [6.07, 6.45) is -0.0145. The minimum atomic E-state index is -0.535. The van der Waals surface area contributed by atoms with Crippen LogP contribution in [0.4, 0.5) is 0 Å². The Morgan fingerprint density at radius 3 is 2.43 bits per heavy atom. The zero-order valence-corrected chi connectivity index (χ0v) is 12.8. The molecule has 0 saturated carbocycles. The van der Waals surface area contributed by atoms with Crippen molar-refractivity contribution >= 4 is 11.9 Å². The molecule has 0 unspecified atom stereocenters. The van der Waals surface area contributed by atoms with E-state index < -0.39 is 5.97 Å². The van der Waals surface area contributed by atoms with Crippen LogP contribution in [0.5, 0.6) is 0 Å². The van der Waals surface area contributed by atoms with E-state index in [-0.39, 0.29) is 24.7 Å². The molecule has 6 nitrogen and oxygen atoms in total. The molecule has 116 valence electrons. The maximum Gasteiger partial charge on any atom is 0.342 e. The molecule has 0 aliphatic carbocycles. The van der Waals surface area contributed by atoms with Crippen LogP contribution in [-0.2, 0) is 14.3 Å². The van der Waals surface area contributed by atoms with E-state index in [0.29, 0.717) is 30.2 Å². The Balaban J connectivity index is 1.89. The topological polar surface area (TPSA) is 69.0 Å². The predicted molar refractivity (Wildman–Crippen MR) is 75.1 cm³/mol. The molecule has 1 aromatic rings. The molecule has 1 aliphatic rings. The summed E-state index contributed by atoms with van der Waals surface area (Å²) < 4.78 is 15.9. The molecule has 21 heavy (non-hydrogen) atoms. The summed E-state index contributed by atoms with van der Waals surface area (Å²) in [5, 5.41) is 0. The van der Waals surface area contributed by atoms with Gasteiger partial charge in [-0.3, -0.25) is 4.79 Å². The Bertz CT molecular complexity index is 526. The molecule has 1 aromatic heterocycles. The molecular formula is C15H21NO5. The van der Waals surface area contributed by atoms with Crippen molar-refractivity contribution in [2.45, 2.75) is 39.9 Å². The van der Waals surface area contributed by atoms with E-state index in [2.05, 4.69) is 0 Å². The predicted octanol–water partition coefficient (Wildman–Crippen LogP) is 1.69. The van der Waals surface area contributed by atoms with Crippen molar-refractivity contribution in [3.63, 3.8) is 0 Å². The van der Waals surface area contributed by atoms with Crippen molar-refractivity contribution in [3.05, 3.63) is 23.2 Å². The Morgan fingerprint density at radius 2 is 1.90 bits per heavy atom. The number of carbonyl (C=O) groups is 2. The van der Waals surface area contributed by atoms with Gasteiger partial charge in [-0.25, -0.2) is 4.79 Å². The molecule has 2 atom stereocenters. The lowest BCUT2D eigenvalue weighted by Gasteiger charge is -2.35. The second kappa shape index (κ2) is 6.30. The van der Waals surface area contributed by atoms with Crippen LogP contribution in [-0.4, -0.2) is 48.7 Å². The van der Waals surface area contributed by atoms with E-state index in [0.717, 1.165) is 0 Å². The third kappa shape index (κ3) is 3.85. The quantitative estimate of drug-likeness (QED) is 0.794. The summed E-state index contributed by atoms with van der Waals surface area (Å²) in [5.74, 6) is 0.399. The van der Waals surface area contributed by atoms with Crippen LogP contribution in [0.15, 0.2) is 10.5 Å². The lowest BCUT2D eigenvalue weighted by atomic mass is 10.2. The summed E-state index contributed by atoms with van der Waals surface area (Å²) in [6, 6.07) is 1.61. The fraction of sp³-hybridized carbons (Fsp3) is 0.600. The Labute approximate surface area is 124 Å². The lowest BCUT2D eigenvalue weighted by Crippen LogP contribution is -2.49. The van der Waals surface area contributed by atoms with Gasteiger partial charge in [0.1, 0.15) is 17.1 Å². The summed E-state index contributed by atoms with van der Waals surface area (Å²) in [7, 11) is 0. The highest BCUT2D eigenvalue weighted by Gasteiger charge is 2.26. The molecule has 0 N–H and O–H groups in total. The molecule has 0 radical (unpaired) electrons. The number of ether oxygens (including phenoxy) is 2. The number of hydrogen-bond acceptors (Lipinski definition) is 5. The zero-order valence-electron chi connectivity index (χ0n) is 12.8. The normalized spacial score (nSPS) is 22.2. The van der Waals surface area contributed by atoms with Crippen molar-refractivity contribution in [3.8, 4) is 0 Å². The highest BCUT2D eigenvalue weighted by Crippen LogP contribution is 2.15. The van der Waals surface area contributed by atoms with Gasteiger partial charge in [-0.05, 0) is 33.8 Å². The summed E-state index contributed by atoms with van der Waals surface area (Å²) in [4.78, 5) is 25.7. The fourth-order valence-electron chi connectivity index (χ4n) is 2.51. The number of aryl methyl sites for hydroxylation is 2. The second-order valence-corrected chi connectivity index (χ2v) is 5.46. The first-order valence-electron chi connectivity index (χ1n) is 7.04. The first kappa shape index (κ1) is 15.6. The highest BCUT2D eigenvalue weighted by molar-refractivity contribution is 5.92. The lowest BCUT2D eigenvalue weighted by molar-refractivity contribution is -0.146. The minimum absolute atomic E-state index is 0.00725. The van der Waals surface area contributed by atoms with Gasteiger partial charge in [0.2, 0.25) is 0 Å². The van der Waals surface area contributed by atoms with Gasteiger partial charge in [-0.2, -0.15) is 0 Å². The molecule has 1 saturated heterocycles. The number of amides is 1. The van der Waals surface area contributed by atoms with Crippen molar-refractivity contribution in [2.75, 3.05) is 19.7 Å². The third-order valence-electron chi connectivity index (χ3n) is 3.36. The van der Waals surface area contributed by atoms with Crippen LogP contribution >= 0.6 is 0 Å². The van der Waals surface area contributed by atoms with Gasteiger partial charge in [0.25, 0.3) is 5.91 Å². The van der Waals surface area contributed by atoms with E-state index >= 15 is 0 Å². The molecular weight excluding hydrogens is 274 g/mol. The smallest absolute Gasteiger partial charge is 0.342 e. The largest absolute Gasteiger partial charge is 0.466 e. The fourth-order valence-corrected chi connectivity index (χ4v) is 2.51. The molecule has 1 fully saturated rings. The molecule has 0 aromatic carbocycles. The number of rotatable bonds is 3. The van der Waals surface area contributed by atoms with Crippen molar-refractivity contribution in [2.24, 2.45) is 0 Å². The maximum absolute atomic E-state index is 12.1. The van der Waals surface area contributed by atoms with E-state index in [1.54, 1.807) is 24.8 Å². The van der Waals surface area contributed by atoms with Crippen molar-refractivity contribution in [1.29, 1.82) is 0 Å². The average molecular weight is 295 g/mol. The number of carbonyl (C=O) groups excluding carboxylic acids is 2. The number of esters is 1. The van der Waals surface area contributed by atoms with Crippen molar-refractivity contribution in [1.82, 2.24) is 4.90 Å². The van der Waals surface area contributed by atoms with Gasteiger partial charge in [0.05, 0.1) is 12.2 Å². The van der Waals surface area contributed by atoms with E-state index in [9.17, 15) is 9.59 Å². The van der Waals surface area contributed by atoms with Gasteiger partial charge < -0.3 is 18.8 Å². The first-order chi connectivity index (χ1) is 9.86. The number of furan rings is 1. The molecule has 1 aliphatic heterocycles. The zero-order chi connectivity index (χ0) is 15.6. The SMILES string of the molecule is Cc1cc(C(=O)OCC(=O)N2C[C@@H](C)O[C@@H](C)C2)c(C)o1. The van der Waals surface area contributed by atoms with Crippen molar-refractivity contribution < 1.29 is 23.5 Å². The average Bonchev–Trinajstić information content (AvgIpc) is 2.73. The van der Waals surface area contributed by atoms with Crippen LogP contribution in [0.3, 0.4) is 0 Å². The van der Waals surface area contributed by atoms with Gasteiger partial charge in [0, 0.05) is 13.1 Å². The van der Waals surface area contributed by atoms with Crippen LogP contribution in [0.1, 0.15) is 35.7 Å². The minimum Gasteiger partial charge on any atom is -0.466 e. The molecule has 6 heteroatoms. The van der Waals surface area contributed by atoms with E-state index in [1.807, 2.05) is 13.8 Å². The van der Waals surface area contributed by atoms with Gasteiger partial charge >= 0.3 is 5.97 Å². The number of morpholine rings is 1. The van der Waals surface area contributed by atoms with E-state index in [4.69, 9.17) is 13.9 Å². The first-order valence-corrected chi connectivity index (χ1v) is 7.04. The molecule has 2 heterocycles. The van der Waals surface area contributed by atoms with Crippen LogP contribution in [0.2, 0.25) is 0 Å². The molecule has 1 amide bonds. The van der Waals surface area contributed by atoms with E-state index in [1.165, 1.54) is 0 Å². The van der Waals surface area contributed by atoms with Crippen LogP contribution in [0.25, 0.3) is 0 Å². The Kier molecular flexibility index (Phi) is 4.67. The summed E-state index contributed by atoms with van der Waals surface area (Å²) in [5.41, 5.74) is 0.365. The Hall–Kier alpha value is -1.82. The third-order valence-corrected chi connectivity index (χ3v) is 3.36.